The van der Waals surface area contributed by atoms with Crippen molar-refractivity contribution in [2.75, 3.05) is 19.3 Å². The summed E-state index contributed by atoms with van der Waals surface area (Å²) in [5.41, 5.74) is 1.30. The number of aromatic nitrogens is 1. The second-order valence-corrected chi connectivity index (χ2v) is 7.46. The van der Waals surface area contributed by atoms with Crippen molar-refractivity contribution in [3.05, 3.63) is 45.9 Å². The molecule has 0 saturated heterocycles. The lowest BCUT2D eigenvalue weighted by molar-refractivity contribution is 0.827. The minimum Gasteiger partial charge on any atom is -0.356 e. The predicted molar refractivity (Wildman–Crippen MR) is 117 cm³/mol. The Hall–Kier alpha value is -0.800. The van der Waals surface area contributed by atoms with Crippen LogP contribution < -0.4 is 10.6 Å². The Morgan fingerprint density at radius 2 is 2.00 bits per heavy atom. The highest BCUT2D eigenvalue weighted by molar-refractivity contribution is 14.0. The van der Waals surface area contributed by atoms with Crippen LogP contribution >= 0.6 is 47.1 Å². The minimum absolute atomic E-state index is 0. The van der Waals surface area contributed by atoms with Gasteiger partial charge in [0, 0.05) is 35.3 Å². The number of nitrogens with zero attached hydrogens (tertiary/aromatic N) is 2. The molecule has 2 rings (SSSR count). The van der Waals surface area contributed by atoms with E-state index in [1.165, 1.54) is 15.3 Å². The molecule has 0 spiro atoms. The standard InChI is InChI=1S/C17H24N4S2.HI/c1-4-14-11-20-16(23-14)12-21-17(18-3)19-9-10-22-15-7-5-13(2)6-8-15;/h5-8,11H,4,9-10,12H2,1-3H3,(H2,18,19,21);1H. The van der Waals surface area contributed by atoms with E-state index in [-0.39, 0.29) is 24.0 Å². The van der Waals surface area contributed by atoms with Gasteiger partial charge in [-0.2, -0.15) is 0 Å². The summed E-state index contributed by atoms with van der Waals surface area (Å²) in [5, 5.41) is 7.74. The van der Waals surface area contributed by atoms with E-state index in [0.29, 0.717) is 0 Å². The summed E-state index contributed by atoms with van der Waals surface area (Å²) in [7, 11) is 1.79. The molecule has 132 valence electrons. The van der Waals surface area contributed by atoms with Crippen molar-refractivity contribution in [1.82, 2.24) is 15.6 Å². The molecular weight excluding hydrogens is 451 g/mol. The third-order valence-corrected chi connectivity index (χ3v) is 5.42. The monoisotopic (exact) mass is 476 g/mol. The molecule has 0 aliphatic heterocycles. The van der Waals surface area contributed by atoms with Crippen molar-refractivity contribution < 1.29 is 0 Å². The first-order valence-electron chi connectivity index (χ1n) is 7.79. The highest BCUT2D eigenvalue weighted by Crippen LogP contribution is 2.17. The summed E-state index contributed by atoms with van der Waals surface area (Å²) in [5.74, 6) is 1.82. The molecule has 0 amide bonds. The number of halogens is 1. The van der Waals surface area contributed by atoms with Crippen LogP contribution in [0, 0.1) is 6.92 Å². The summed E-state index contributed by atoms with van der Waals surface area (Å²) in [4.78, 5) is 11.3. The largest absolute Gasteiger partial charge is 0.356 e. The third-order valence-electron chi connectivity index (χ3n) is 3.26. The molecule has 2 aromatic rings. The number of hydrogen-bond acceptors (Lipinski definition) is 4. The van der Waals surface area contributed by atoms with Gasteiger partial charge in [0.25, 0.3) is 0 Å². The SMILES string of the molecule is CCc1cnc(CNC(=NC)NCCSc2ccc(C)cc2)s1.I. The van der Waals surface area contributed by atoms with Crippen molar-refractivity contribution in [2.45, 2.75) is 31.7 Å². The molecule has 0 fully saturated rings. The highest BCUT2D eigenvalue weighted by Gasteiger charge is 2.02. The van der Waals surface area contributed by atoms with Crippen molar-refractivity contribution >= 4 is 53.0 Å². The first-order chi connectivity index (χ1) is 11.2. The summed E-state index contributed by atoms with van der Waals surface area (Å²) < 4.78 is 0. The van der Waals surface area contributed by atoms with Gasteiger partial charge in [0.05, 0.1) is 6.54 Å². The van der Waals surface area contributed by atoms with Gasteiger partial charge in [-0.25, -0.2) is 4.98 Å². The van der Waals surface area contributed by atoms with Gasteiger partial charge < -0.3 is 10.6 Å². The van der Waals surface area contributed by atoms with E-state index in [0.717, 1.165) is 36.2 Å². The Bertz CT molecular complexity index is 626. The van der Waals surface area contributed by atoms with Crippen LogP contribution in [-0.4, -0.2) is 30.3 Å². The topological polar surface area (TPSA) is 49.3 Å². The van der Waals surface area contributed by atoms with Crippen LogP contribution in [0.25, 0.3) is 0 Å². The molecule has 0 saturated carbocycles. The number of rotatable bonds is 7. The zero-order chi connectivity index (χ0) is 16.5. The zero-order valence-corrected chi connectivity index (χ0v) is 18.3. The van der Waals surface area contributed by atoms with Crippen LogP contribution in [0.3, 0.4) is 0 Å². The molecule has 4 nitrogen and oxygen atoms in total. The minimum atomic E-state index is 0. The molecule has 0 atom stereocenters. The van der Waals surface area contributed by atoms with E-state index in [1.54, 1.807) is 18.4 Å². The van der Waals surface area contributed by atoms with Crippen LogP contribution in [0.2, 0.25) is 0 Å². The van der Waals surface area contributed by atoms with Gasteiger partial charge in [-0.1, -0.05) is 24.6 Å². The van der Waals surface area contributed by atoms with Gasteiger partial charge in [0.1, 0.15) is 5.01 Å². The number of aryl methyl sites for hydroxylation is 2. The Morgan fingerprint density at radius 1 is 1.25 bits per heavy atom. The van der Waals surface area contributed by atoms with Crippen LogP contribution in [0.5, 0.6) is 0 Å². The highest BCUT2D eigenvalue weighted by atomic mass is 127. The lowest BCUT2D eigenvalue weighted by atomic mass is 10.2. The fourth-order valence-corrected chi connectivity index (χ4v) is 3.52. The molecule has 1 aromatic heterocycles. The number of thiazole rings is 1. The van der Waals surface area contributed by atoms with Crippen LogP contribution in [-0.2, 0) is 13.0 Å². The van der Waals surface area contributed by atoms with Crippen LogP contribution in [0.1, 0.15) is 22.4 Å². The quantitative estimate of drug-likeness (QED) is 0.208. The zero-order valence-electron chi connectivity index (χ0n) is 14.3. The molecule has 0 aliphatic carbocycles. The fraction of sp³-hybridized carbons (Fsp3) is 0.412. The van der Waals surface area contributed by atoms with Crippen LogP contribution in [0.4, 0.5) is 0 Å². The number of guanidine groups is 1. The van der Waals surface area contributed by atoms with E-state index >= 15 is 0 Å². The molecular formula is C17H25IN4S2. The van der Waals surface area contributed by atoms with Gasteiger partial charge in [-0.15, -0.1) is 47.1 Å². The van der Waals surface area contributed by atoms with E-state index in [9.17, 15) is 0 Å². The lowest BCUT2D eigenvalue weighted by Gasteiger charge is -2.10. The molecule has 0 bridgehead atoms. The number of thioether (sulfide) groups is 1. The van der Waals surface area contributed by atoms with Gasteiger partial charge in [-0.05, 0) is 25.5 Å². The summed E-state index contributed by atoms with van der Waals surface area (Å²) in [6.07, 6.45) is 3.00. The van der Waals surface area contributed by atoms with Gasteiger partial charge in [-0.3, -0.25) is 4.99 Å². The number of nitrogens with one attached hydrogen (secondary N) is 2. The maximum absolute atomic E-state index is 4.41. The first kappa shape index (κ1) is 21.2. The fourth-order valence-electron chi connectivity index (χ4n) is 1.95. The van der Waals surface area contributed by atoms with E-state index in [1.807, 2.05) is 18.0 Å². The lowest BCUT2D eigenvalue weighted by Crippen LogP contribution is -2.37. The predicted octanol–water partition coefficient (Wildman–Crippen LogP) is 4.09. The van der Waals surface area contributed by atoms with E-state index in [2.05, 4.69) is 58.7 Å². The number of hydrogen-bond donors (Lipinski definition) is 2. The molecule has 7 heteroatoms. The molecule has 1 heterocycles. The average molecular weight is 476 g/mol. The normalized spacial score (nSPS) is 11.0. The van der Waals surface area contributed by atoms with Crippen LogP contribution in [0.15, 0.2) is 40.4 Å². The second-order valence-electron chi connectivity index (χ2n) is 5.09. The molecule has 0 aliphatic rings. The van der Waals surface area contributed by atoms with E-state index < -0.39 is 0 Å². The molecule has 1 aromatic carbocycles. The second kappa shape index (κ2) is 11.7. The first-order valence-corrected chi connectivity index (χ1v) is 9.59. The Balaban J connectivity index is 0.00000288. The van der Waals surface area contributed by atoms with Crippen molar-refractivity contribution in [3.8, 4) is 0 Å². The molecule has 0 radical (unpaired) electrons. The summed E-state index contributed by atoms with van der Waals surface area (Å²) in [6, 6.07) is 8.63. The molecule has 0 unspecified atom stereocenters. The van der Waals surface area contributed by atoms with Gasteiger partial charge in [0.2, 0.25) is 0 Å². The van der Waals surface area contributed by atoms with Gasteiger partial charge in [0.15, 0.2) is 5.96 Å². The maximum Gasteiger partial charge on any atom is 0.191 e. The number of aliphatic imine (C=N–C) groups is 1. The molecule has 24 heavy (non-hydrogen) atoms. The van der Waals surface area contributed by atoms with Crippen molar-refractivity contribution in [2.24, 2.45) is 4.99 Å². The molecule has 2 N–H and O–H groups in total. The smallest absolute Gasteiger partial charge is 0.191 e. The van der Waals surface area contributed by atoms with E-state index in [4.69, 9.17) is 0 Å². The van der Waals surface area contributed by atoms with Crippen molar-refractivity contribution in [3.63, 3.8) is 0 Å². The van der Waals surface area contributed by atoms with Crippen molar-refractivity contribution in [1.29, 1.82) is 0 Å². The Morgan fingerprint density at radius 3 is 2.62 bits per heavy atom. The summed E-state index contributed by atoms with van der Waals surface area (Å²) in [6.45, 7) is 5.85. The third kappa shape index (κ3) is 7.40. The number of benzene rings is 1. The summed E-state index contributed by atoms with van der Waals surface area (Å²) >= 11 is 3.60. The Kier molecular flexibility index (Phi) is 10.4. The Labute approximate surface area is 170 Å². The van der Waals surface area contributed by atoms with Gasteiger partial charge >= 0.3 is 0 Å². The maximum atomic E-state index is 4.41. The average Bonchev–Trinajstić information content (AvgIpc) is 3.04.